The Morgan fingerprint density at radius 3 is 3.07 bits per heavy atom. The van der Waals surface area contributed by atoms with E-state index in [2.05, 4.69) is 23.6 Å². The van der Waals surface area contributed by atoms with Gasteiger partial charge in [-0.2, -0.15) is 0 Å². The average molecular weight is 206 g/mol. The summed E-state index contributed by atoms with van der Waals surface area (Å²) >= 11 is 0. The van der Waals surface area contributed by atoms with Crippen molar-refractivity contribution >= 4 is 11.4 Å². The summed E-state index contributed by atoms with van der Waals surface area (Å²) < 4.78 is 5.31. The van der Waals surface area contributed by atoms with E-state index in [0.29, 0.717) is 6.04 Å². The zero-order valence-electron chi connectivity index (χ0n) is 9.34. The van der Waals surface area contributed by atoms with Crippen molar-refractivity contribution in [2.45, 2.75) is 25.8 Å². The Kier molecular flexibility index (Phi) is 2.99. The lowest BCUT2D eigenvalue weighted by Crippen LogP contribution is -2.32. The van der Waals surface area contributed by atoms with Crippen molar-refractivity contribution in [1.82, 2.24) is 0 Å². The molecule has 0 amide bonds. The molecule has 1 aliphatic rings. The van der Waals surface area contributed by atoms with E-state index < -0.39 is 0 Å². The minimum atomic E-state index is 0.537. The molecule has 1 aliphatic heterocycles. The van der Waals surface area contributed by atoms with E-state index in [1.54, 1.807) is 7.11 Å². The second-order valence-electron chi connectivity index (χ2n) is 3.89. The third-order valence-corrected chi connectivity index (χ3v) is 2.77. The van der Waals surface area contributed by atoms with Crippen molar-refractivity contribution < 1.29 is 4.74 Å². The largest absolute Gasteiger partial charge is 0.495 e. The van der Waals surface area contributed by atoms with E-state index in [-0.39, 0.29) is 0 Å². The Balaban J connectivity index is 2.20. The predicted molar refractivity (Wildman–Crippen MR) is 63.8 cm³/mol. The first-order chi connectivity index (χ1) is 7.35. The molecule has 0 saturated heterocycles. The molecule has 0 spiro atoms. The van der Waals surface area contributed by atoms with Gasteiger partial charge in [0.25, 0.3) is 0 Å². The molecule has 82 valence electrons. The van der Waals surface area contributed by atoms with Gasteiger partial charge in [-0.15, -0.1) is 0 Å². The van der Waals surface area contributed by atoms with Gasteiger partial charge in [-0.1, -0.05) is 19.4 Å². The monoisotopic (exact) mass is 206 g/mol. The number of hydrogen-bond acceptors (Lipinski definition) is 3. The summed E-state index contributed by atoms with van der Waals surface area (Å²) in [4.78, 5) is 0. The second-order valence-corrected chi connectivity index (χ2v) is 3.89. The maximum atomic E-state index is 5.31. The molecule has 15 heavy (non-hydrogen) atoms. The number of para-hydroxylation sites is 1. The summed E-state index contributed by atoms with van der Waals surface area (Å²) in [6, 6.07) is 6.62. The van der Waals surface area contributed by atoms with Crippen LogP contribution in [0.1, 0.15) is 19.8 Å². The van der Waals surface area contributed by atoms with E-state index in [1.165, 1.54) is 12.8 Å². The maximum Gasteiger partial charge on any atom is 0.144 e. The van der Waals surface area contributed by atoms with Gasteiger partial charge in [0.05, 0.1) is 12.8 Å². The quantitative estimate of drug-likeness (QED) is 0.797. The van der Waals surface area contributed by atoms with Crippen LogP contribution in [0.3, 0.4) is 0 Å². The fourth-order valence-corrected chi connectivity index (χ4v) is 2.02. The van der Waals surface area contributed by atoms with Crippen molar-refractivity contribution in [3.63, 3.8) is 0 Å². The van der Waals surface area contributed by atoms with Crippen LogP contribution < -0.4 is 15.4 Å². The van der Waals surface area contributed by atoms with Crippen LogP contribution in [0, 0.1) is 0 Å². The fourth-order valence-electron chi connectivity index (χ4n) is 2.02. The first kappa shape index (κ1) is 10.1. The van der Waals surface area contributed by atoms with E-state index >= 15 is 0 Å². The van der Waals surface area contributed by atoms with Gasteiger partial charge < -0.3 is 15.4 Å². The second kappa shape index (κ2) is 4.43. The Labute approximate surface area is 90.8 Å². The number of benzene rings is 1. The van der Waals surface area contributed by atoms with E-state index in [4.69, 9.17) is 4.74 Å². The molecule has 1 unspecified atom stereocenters. The van der Waals surface area contributed by atoms with Crippen LogP contribution in [0.4, 0.5) is 11.4 Å². The van der Waals surface area contributed by atoms with Crippen LogP contribution >= 0.6 is 0 Å². The summed E-state index contributed by atoms with van der Waals surface area (Å²) in [5.41, 5.74) is 2.24. The van der Waals surface area contributed by atoms with Crippen molar-refractivity contribution in [3.8, 4) is 5.75 Å². The number of ether oxygens (including phenoxy) is 1. The van der Waals surface area contributed by atoms with Gasteiger partial charge in [-0.3, -0.25) is 0 Å². The Morgan fingerprint density at radius 1 is 1.47 bits per heavy atom. The minimum Gasteiger partial charge on any atom is -0.495 e. The number of hydrogen-bond donors (Lipinski definition) is 2. The highest BCUT2D eigenvalue weighted by atomic mass is 16.5. The van der Waals surface area contributed by atoms with Gasteiger partial charge in [0.1, 0.15) is 11.4 Å². The molecule has 0 aromatic heterocycles. The van der Waals surface area contributed by atoms with Gasteiger partial charge in [0, 0.05) is 12.6 Å². The summed E-state index contributed by atoms with van der Waals surface area (Å²) in [6.07, 6.45) is 2.41. The molecule has 1 aromatic carbocycles. The lowest BCUT2D eigenvalue weighted by atomic mass is 10.1. The van der Waals surface area contributed by atoms with Gasteiger partial charge >= 0.3 is 0 Å². The first-order valence-corrected chi connectivity index (χ1v) is 5.52. The summed E-state index contributed by atoms with van der Waals surface area (Å²) in [5.74, 6) is 0.912. The lowest BCUT2D eigenvalue weighted by Gasteiger charge is -2.29. The van der Waals surface area contributed by atoms with E-state index in [1.807, 2.05) is 12.1 Å². The summed E-state index contributed by atoms with van der Waals surface area (Å²) in [6.45, 7) is 3.18. The van der Waals surface area contributed by atoms with Crippen LogP contribution in [0.25, 0.3) is 0 Å². The standard InChI is InChI=1S/C12H18N2O/c1-3-5-9-8-13-12-10(14-9)6-4-7-11(12)15-2/h4,6-7,9,13-14H,3,5,8H2,1-2H3. The average Bonchev–Trinajstić information content (AvgIpc) is 2.28. The number of anilines is 2. The molecule has 0 saturated carbocycles. The predicted octanol–water partition coefficient (Wildman–Crippen LogP) is 2.70. The normalized spacial score (nSPS) is 18.7. The number of nitrogens with one attached hydrogen (secondary N) is 2. The van der Waals surface area contributed by atoms with Crippen LogP contribution in [0.2, 0.25) is 0 Å². The molecule has 1 aromatic rings. The molecule has 0 bridgehead atoms. The van der Waals surface area contributed by atoms with E-state index in [9.17, 15) is 0 Å². The van der Waals surface area contributed by atoms with Crippen LogP contribution in [-0.2, 0) is 0 Å². The molecule has 3 heteroatoms. The van der Waals surface area contributed by atoms with Crippen molar-refractivity contribution in [2.75, 3.05) is 24.3 Å². The van der Waals surface area contributed by atoms with Gasteiger partial charge in [-0.25, -0.2) is 0 Å². The molecule has 1 heterocycles. The van der Waals surface area contributed by atoms with Gasteiger partial charge in [-0.05, 0) is 18.6 Å². The number of methoxy groups -OCH3 is 1. The van der Waals surface area contributed by atoms with Crippen LogP contribution in [0.5, 0.6) is 5.75 Å². The third-order valence-electron chi connectivity index (χ3n) is 2.77. The van der Waals surface area contributed by atoms with Crippen molar-refractivity contribution in [3.05, 3.63) is 18.2 Å². The molecule has 0 aliphatic carbocycles. The highest BCUT2D eigenvalue weighted by molar-refractivity contribution is 5.77. The Bertz CT molecular complexity index is 338. The zero-order chi connectivity index (χ0) is 10.7. The Morgan fingerprint density at radius 2 is 2.33 bits per heavy atom. The molecule has 2 N–H and O–H groups in total. The molecule has 0 radical (unpaired) electrons. The van der Waals surface area contributed by atoms with Crippen LogP contribution in [0.15, 0.2) is 18.2 Å². The molecular formula is C12H18N2O. The lowest BCUT2D eigenvalue weighted by molar-refractivity contribution is 0.416. The maximum absolute atomic E-state index is 5.31. The smallest absolute Gasteiger partial charge is 0.144 e. The number of rotatable bonds is 3. The van der Waals surface area contributed by atoms with Gasteiger partial charge in [0.15, 0.2) is 0 Å². The minimum absolute atomic E-state index is 0.537. The first-order valence-electron chi connectivity index (χ1n) is 5.52. The van der Waals surface area contributed by atoms with Crippen LogP contribution in [-0.4, -0.2) is 19.7 Å². The molecule has 0 fully saturated rings. The number of fused-ring (bicyclic) bond motifs is 1. The van der Waals surface area contributed by atoms with Crippen molar-refractivity contribution in [1.29, 1.82) is 0 Å². The Hall–Kier alpha value is -1.38. The van der Waals surface area contributed by atoms with Crippen molar-refractivity contribution in [2.24, 2.45) is 0 Å². The molecular weight excluding hydrogens is 188 g/mol. The summed E-state index contributed by atoms with van der Waals surface area (Å²) in [7, 11) is 1.70. The van der Waals surface area contributed by atoms with Gasteiger partial charge in [0.2, 0.25) is 0 Å². The fraction of sp³-hybridized carbons (Fsp3) is 0.500. The highest BCUT2D eigenvalue weighted by Gasteiger charge is 2.18. The zero-order valence-corrected chi connectivity index (χ0v) is 9.34. The molecule has 3 nitrogen and oxygen atoms in total. The third kappa shape index (κ3) is 2.01. The van der Waals surface area contributed by atoms with E-state index in [0.717, 1.165) is 23.7 Å². The topological polar surface area (TPSA) is 33.3 Å². The molecule has 1 atom stereocenters. The molecule has 2 rings (SSSR count). The highest BCUT2D eigenvalue weighted by Crippen LogP contribution is 2.35. The SMILES string of the molecule is CCCC1CNc2c(cccc2OC)N1. The summed E-state index contributed by atoms with van der Waals surface area (Å²) in [5, 5.41) is 6.96.